The molecule has 0 aliphatic heterocycles. The third-order valence-corrected chi connectivity index (χ3v) is 21.2. The first kappa shape index (κ1) is 103. The average molecular weight is 1950 g/mol. The Hall–Kier alpha value is -6.82. The Morgan fingerprint density at radius 1 is 0.216 bits per heavy atom. The van der Waals surface area contributed by atoms with E-state index in [2.05, 4.69) is 0 Å². The highest BCUT2D eigenvalue weighted by Gasteiger charge is 2.16. The van der Waals surface area contributed by atoms with E-state index in [4.69, 9.17) is 250 Å². The van der Waals surface area contributed by atoms with Gasteiger partial charge in [-0.1, -0.05) is 294 Å². The number of hydrogen-bond donors (Lipinski definition) is 8. The standard InChI is InChI=1S/C15H10Cl4O2.C15H11Cl3O2.2C9H7Cl3O2.2C9H8Cl2O2.C8H7ClO2.C8H8O2/c16-11-5-8(2-4-15(20)21)1-3-9(11)10-6-13(18)14(19)7-12(10)17;16-12-8-14(18)13(17)7-11(12)10-4-1-9(2-5-10)3-6-15(19)20;10-6-2-3-7(11)9(12)5(6)1-4-8(13)14;10-6-4-8(12)7(11)3-5(6)1-2-9(13)14;10-7-2-3-8(11)6(5-7)1-4-9(12)13;10-7-3-1-6(5-8(7)11)2-4-9(12)13;9-7-3-1-6(2-4-7)5-8(10)11;9-8(10)6-7-4-2-1-3-5-7/h1,3,5-7H,2,4H2,(H,20,21);1-2,4-5,7-8H,3,6H2,(H,19,20);2-3H,1,4H2,(H,13,14);3-4H,1-2H2,(H,13,14);2-3,5H,1,4H2,(H,12,13);1,3,5H,2,4H2,(H,12,13);1-4H,5H2,(H,10,11);1-5H,6H2,(H,9,10). The fourth-order valence-corrected chi connectivity index (χ4v) is 13.1. The molecule has 0 fully saturated rings. The van der Waals surface area contributed by atoms with E-state index in [1.54, 1.807) is 127 Å². The van der Waals surface area contributed by atoms with E-state index < -0.39 is 47.8 Å². The van der Waals surface area contributed by atoms with E-state index >= 15 is 0 Å². The van der Waals surface area contributed by atoms with Crippen molar-refractivity contribution in [1.82, 2.24) is 0 Å². The maximum Gasteiger partial charge on any atom is 0.307 e. The van der Waals surface area contributed by atoms with Gasteiger partial charge in [0.05, 0.1) is 68.1 Å². The van der Waals surface area contributed by atoms with Crippen LogP contribution in [0.1, 0.15) is 83.0 Å². The van der Waals surface area contributed by atoms with Gasteiger partial charge in [-0.15, -0.1) is 0 Å². The van der Waals surface area contributed by atoms with Crippen LogP contribution in [-0.2, 0) is 89.7 Å². The van der Waals surface area contributed by atoms with Gasteiger partial charge in [-0.25, -0.2) is 0 Å². The summed E-state index contributed by atoms with van der Waals surface area (Å²) in [5.41, 5.74) is 9.48. The first-order chi connectivity index (χ1) is 54.5. The normalized spacial score (nSPS) is 10.2. The molecule has 0 atom stereocenters. The minimum Gasteiger partial charge on any atom is -0.481 e. The lowest BCUT2D eigenvalue weighted by molar-refractivity contribution is -0.138. The highest BCUT2D eigenvalue weighted by Crippen LogP contribution is 2.40. The Labute approximate surface area is 757 Å². The van der Waals surface area contributed by atoms with Crippen LogP contribution < -0.4 is 0 Å². The summed E-state index contributed by atoms with van der Waals surface area (Å²) in [6, 6.07) is 51.8. The number of benzene rings is 10. The van der Waals surface area contributed by atoms with Crippen LogP contribution >= 0.6 is 209 Å². The Kier molecular flexibility index (Phi) is 48.5. The molecule has 0 aliphatic rings. The first-order valence-electron chi connectivity index (χ1n) is 33.4. The molecule has 8 N–H and O–H groups in total. The molecule has 0 amide bonds. The summed E-state index contributed by atoms with van der Waals surface area (Å²) in [6.07, 6.45) is 2.98. The molecular formula is C82H66Cl18O16. The molecule has 0 saturated carbocycles. The van der Waals surface area contributed by atoms with Crippen molar-refractivity contribution in [3.63, 3.8) is 0 Å². The molecule has 10 aromatic rings. The molecule has 10 aromatic carbocycles. The van der Waals surface area contributed by atoms with Crippen LogP contribution in [0.2, 0.25) is 90.4 Å². The van der Waals surface area contributed by atoms with Crippen molar-refractivity contribution in [2.45, 2.75) is 89.9 Å². The Bertz CT molecular complexity index is 5000. The van der Waals surface area contributed by atoms with Gasteiger partial charge in [0.15, 0.2) is 0 Å². The van der Waals surface area contributed by atoms with Gasteiger partial charge in [0, 0.05) is 90.4 Å². The summed E-state index contributed by atoms with van der Waals surface area (Å²) in [6.45, 7) is 0. The molecule has 16 nitrogen and oxygen atoms in total. The first-order valence-corrected chi connectivity index (χ1v) is 40.2. The SMILES string of the molecule is O=C(O)CCc1c(Cl)ccc(Cl)c1Cl.O=C(O)CCc1cc(Cl)c(Cl)cc1Cl.O=C(O)CCc1cc(Cl)ccc1Cl.O=C(O)CCc1ccc(-c2cc(Cl)c(Cl)cc2Cl)c(Cl)c1.O=C(O)CCc1ccc(-c2cc(Cl)c(Cl)cc2Cl)cc1.O=C(O)CCc1ccc(Cl)c(Cl)c1.O=C(O)Cc1ccc(Cl)cc1.O=C(O)Cc1ccccc1. The molecule has 0 radical (unpaired) electrons. The third kappa shape index (κ3) is 41.2. The van der Waals surface area contributed by atoms with Gasteiger partial charge < -0.3 is 40.9 Å². The number of aryl methyl sites for hydroxylation is 5. The zero-order valence-electron chi connectivity index (χ0n) is 59.9. The Morgan fingerprint density at radius 2 is 0.552 bits per heavy atom. The van der Waals surface area contributed by atoms with Crippen LogP contribution in [0.4, 0.5) is 0 Å². The number of aliphatic carboxylic acids is 8. The summed E-state index contributed by atoms with van der Waals surface area (Å²) in [7, 11) is 0. The second-order valence-corrected chi connectivity index (χ2v) is 31.1. The predicted molar refractivity (Wildman–Crippen MR) is 471 cm³/mol. The fourth-order valence-electron chi connectivity index (χ4n) is 9.26. The van der Waals surface area contributed by atoms with Crippen LogP contribution in [0.25, 0.3) is 22.3 Å². The Balaban J connectivity index is 0.000000347. The smallest absolute Gasteiger partial charge is 0.307 e. The lowest BCUT2D eigenvalue weighted by Gasteiger charge is -2.10. The van der Waals surface area contributed by atoms with Crippen LogP contribution in [0, 0.1) is 0 Å². The zero-order valence-corrected chi connectivity index (χ0v) is 73.5. The maximum absolute atomic E-state index is 10.6. The van der Waals surface area contributed by atoms with Gasteiger partial charge in [-0.2, -0.15) is 0 Å². The molecule has 34 heteroatoms. The molecule has 0 saturated heterocycles. The molecular weight excluding hydrogens is 1880 g/mol. The Morgan fingerprint density at radius 3 is 1.03 bits per heavy atom. The summed E-state index contributed by atoms with van der Waals surface area (Å²) in [4.78, 5) is 82.8. The summed E-state index contributed by atoms with van der Waals surface area (Å²) in [5, 5.41) is 76.2. The van der Waals surface area contributed by atoms with Crippen molar-refractivity contribution < 1.29 is 79.2 Å². The highest BCUT2D eigenvalue weighted by atomic mass is 35.5. The maximum atomic E-state index is 10.6. The number of carbonyl (C=O) groups is 8. The molecule has 0 unspecified atom stereocenters. The number of hydrogen-bond acceptors (Lipinski definition) is 8. The molecule has 0 spiro atoms. The zero-order chi connectivity index (χ0) is 87.1. The number of carboxylic acid groups (broad SMARTS) is 8. The van der Waals surface area contributed by atoms with Gasteiger partial charge in [0.25, 0.3) is 0 Å². The summed E-state index contributed by atoms with van der Waals surface area (Å²) in [5.74, 6) is -6.67. The second kappa shape index (κ2) is 54.4. The van der Waals surface area contributed by atoms with Crippen LogP contribution in [0.5, 0.6) is 0 Å². The topological polar surface area (TPSA) is 298 Å². The van der Waals surface area contributed by atoms with E-state index in [1.165, 1.54) is 6.07 Å². The highest BCUT2D eigenvalue weighted by molar-refractivity contribution is 6.47. The molecule has 0 bridgehead atoms. The molecule has 10 rings (SSSR count). The van der Waals surface area contributed by atoms with Gasteiger partial charge in [-0.3, -0.25) is 38.4 Å². The van der Waals surface area contributed by atoms with E-state index in [9.17, 15) is 38.4 Å². The number of carboxylic acids is 8. The van der Waals surface area contributed by atoms with Crippen molar-refractivity contribution in [3.8, 4) is 22.3 Å². The van der Waals surface area contributed by atoms with Gasteiger partial charge in [0.1, 0.15) is 0 Å². The van der Waals surface area contributed by atoms with E-state index in [0.717, 1.165) is 50.1 Å². The van der Waals surface area contributed by atoms with Crippen molar-refractivity contribution in [2.24, 2.45) is 0 Å². The van der Waals surface area contributed by atoms with Crippen molar-refractivity contribution >= 4 is 257 Å². The predicted octanol–water partition coefficient (Wildman–Crippen LogP) is 27.9. The molecule has 616 valence electrons. The minimum absolute atomic E-state index is 0.0141. The van der Waals surface area contributed by atoms with Gasteiger partial charge in [0.2, 0.25) is 0 Å². The lowest BCUT2D eigenvalue weighted by Crippen LogP contribution is -1.99. The molecule has 0 heterocycles. The third-order valence-electron chi connectivity index (χ3n) is 15.0. The van der Waals surface area contributed by atoms with Gasteiger partial charge in [-0.05, 0) is 186 Å². The lowest BCUT2D eigenvalue weighted by atomic mass is 10.0. The van der Waals surface area contributed by atoms with Crippen LogP contribution in [0.15, 0.2) is 182 Å². The number of halogens is 18. The van der Waals surface area contributed by atoms with Crippen LogP contribution in [0.3, 0.4) is 0 Å². The largest absolute Gasteiger partial charge is 0.481 e. The van der Waals surface area contributed by atoms with Crippen molar-refractivity contribution in [1.29, 1.82) is 0 Å². The monoisotopic (exact) mass is 1940 g/mol. The van der Waals surface area contributed by atoms with Crippen molar-refractivity contribution in [2.75, 3.05) is 0 Å². The summed E-state index contributed by atoms with van der Waals surface area (Å²) < 4.78 is 0. The van der Waals surface area contributed by atoms with E-state index in [-0.39, 0.29) is 57.8 Å². The minimum atomic E-state index is -0.892. The number of rotatable bonds is 24. The van der Waals surface area contributed by atoms with Crippen molar-refractivity contribution in [3.05, 3.63) is 317 Å². The quantitative estimate of drug-likeness (QED) is 0.0261. The van der Waals surface area contributed by atoms with E-state index in [0.29, 0.717) is 139 Å². The van der Waals surface area contributed by atoms with E-state index in [1.807, 2.05) is 48.5 Å². The van der Waals surface area contributed by atoms with Crippen LogP contribution in [-0.4, -0.2) is 88.6 Å². The molecule has 116 heavy (non-hydrogen) atoms. The second-order valence-electron chi connectivity index (χ2n) is 23.8. The summed E-state index contributed by atoms with van der Waals surface area (Å²) >= 11 is 106. The average Bonchev–Trinajstić information content (AvgIpc) is 0.810. The fraction of sp³-hybridized carbons (Fsp3) is 0.171. The molecule has 0 aliphatic carbocycles. The van der Waals surface area contributed by atoms with Gasteiger partial charge >= 0.3 is 47.8 Å². The molecule has 0 aromatic heterocycles.